The van der Waals surface area contributed by atoms with E-state index in [0.29, 0.717) is 23.7 Å². The van der Waals surface area contributed by atoms with Gasteiger partial charge in [-0.3, -0.25) is 0 Å². The Labute approximate surface area is 154 Å². The minimum Gasteiger partial charge on any atom is -0.406 e. The number of aromatic nitrogens is 4. The van der Waals surface area contributed by atoms with Gasteiger partial charge in [-0.1, -0.05) is 12.1 Å². The number of halogens is 3. The van der Waals surface area contributed by atoms with Crippen LogP contribution in [0.15, 0.2) is 42.5 Å². The average Bonchev–Trinajstić information content (AvgIpc) is 2.92. The average molecular weight is 377 g/mol. The molecule has 0 saturated carbocycles. The summed E-state index contributed by atoms with van der Waals surface area (Å²) in [6.45, 7) is 4.18. The maximum atomic E-state index is 12.4. The van der Waals surface area contributed by atoms with Crippen LogP contribution in [0.2, 0.25) is 0 Å². The van der Waals surface area contributed by atoms with Crippen LogP contribution in [-0.2, 0) is 6.54 Å². The minimum atomic E-state index is -4.71. The van der Waals surface area contributed by atoms with E-state index in [1.165, 1.54) is 18.2 Å². The molecule has 3 aromatic rings. The zero-order valence-corrected chi connectivity index (χ0v) is 15.0. The van der Waals surface area contributed by atoms with Crippen molar-refractivity contribution in [3.63, 3.8) is 0 Å². The highest BCUT2D eigenvalue weighted by atomic mass is 19.4. The van der Waals surface area contributed by atoms with Crippen molar-refractivity contribution in [2.24, 2.45) is 0 Å². The third kappa shape index (κ3) is 4.75. The lowest BCUT2D eigenvalue weighted by molar-refractivity contribution is -0.274. The second-order valence-electron chi connectivity index (χ2n) is 6.14. The zero-order valence-electron chi connectivity index (χ0n) is 15.0. The Bertz CT molecular complexity index is 921. The molecule has 0 spiro atoms. The van der Waals surface area contributed by atoms with Crippen LogP contribution in [-0.4, -0.2) is 33.4 Å². The van der Waals surface area contributed by atoms with Gasteiger partial charge in [-0.2, -0.15) is 5.10 Å². The number of hydrogen-bond donors (Lipinski definition) is 0. The van der Waals surface area contributed by atoms with Crippen LogP contribution >= 0.6 is 0 Å². The second kappa shape index (κ2) is 7.26. The SMILES string of the molecule is Cc1cc(C)n(-c2ccc(N(C)Cc3cccc(OC(F)(F)F)c3)nn2)n1. The molecular formula is C18H18F3N5O. The summed E-state index contributed by atoms with van der Waals surface area (Å²) in [7, 11) is 1.78. The van der Waals surface area contributed by atoms with E-state index in [1.807, 2.05) is 19.9 Å². The fourth-order valence-corrected chi connectivity index (χ4v) is 2.69. The molecule has 0 saturated heterocycles. The Morgan fingerprint density at radius 3 is 2.44 bits per heavy atom. The summed E-state index contributed by atoms with van der Waals surface area (Å²) in [4.78, 5) is 1.78. The molecule has 0 N–H and O–H groups in total. The number of rotatable bonds is 5. The Morgan fingerprint density at radius 2 is 1.85 bits per heavy atom. The first-order valence-electron chi connectivity index (χ1n) is 8.14. The molecule has 6 nitrogen and oxygen atoms in total. The highest BCUT2D eigenvalue weighted by molar-refractivity contribution is 5.41. The first kappa shape index (κ1) is 18.7. The van der Waals surface area contributed by atoms with Crippen molar-refractivity contribution >= 4 is 5.82 Å². The van der Waals surface area contributed by atoms with Gasteiger partial charge in [-0.25, -0.2) is 4.68 Å². The lowest BCUT2D eigenvalue weighted by Gasteiger charge is -2.18. The van der Waals surface area contributed by atoms with Crippen molar-refractivity contribution in [1.29, 1.82) is 0 Å². The van der Waals surface area contributed by atoms with E-state index in [-0.39, 0.29) is 5.75 Å². The van der Waals surface area contributed by atoms with Gasteiger partial charge in [0.05, 0.1) is 5.69 Å². The van der Waals surface area contributed by atoms with E-state index < -0.39 is 6.36 Å². The molecule has 1 aromatic carbocycles. The van der Waals surface area contributed by atoms with Gasteiger partial charge >= 0.3 is 6.36 Å². The van der Waals surface area contributed by atoms with Crippen molar-refractivity contribution in [3.05, 3.63) is 59.4 Å². The van der Waals surface area contributed by atoms with Gasteiger partial charge in [0.2, 0.25) is 0 Å². The summed E-state index contributed by atoms with van der Waals surface area (Å²) in [5, 5.41) is 12.7. The van der Waals surface area contributed by atoms with Gasteiger partial charge in [0.1, 0.15) is 5.75 Å². The van der Waals surface area contributed by atoms with Crippen LogP contribution in [0.3, 0.4) is 0 Å². The third-order valence-corrected chi connectivity index (χ3v) is 3.81. The molecule has 0 bridgehead atoms. The summed E-state index contributed by atoms with van der Waals surface area (Å²) >= 11 is 0. The van der Waals surface area contributed by atoms with Crippen molar-refractivity contribution in [3.8, 4) is 11.6 Å². The van der Waals surface area contributed by atoms with Gasteiger partial charge < -0.3 is 9.64 Å². The zero-order chi connectivity index (χ0) is 19.6. The lowest BCUT2D eigenvalue weighted by Crippen LogP contribution is -2.19. The van der Waals surface area contributed by atoms with Gasteiger partial charge in [-0.15, -0.1) is 23.4 Å². The monoisotopic (exact) mass is 377 g/mol. The van der Waals surface area contributed by atoms with Crippen LogP contribution < -0.4 is 9.64 Å². The fraction of sp³-hybridized carbons (Fsp3) is 0.278. The number of ether oxygens (including phenoxy) is 1. The Balaban J connectivity index is 1.72. The molecule has 0 unspecified atom stereocenters. The van der Waals surface area contributed by atoms with E-state index in [2.05, 4.69) is 20.0 Å². The molecule has 2 heterocycles. The first-order chi connectivity index (χ1) is 12.7. The number of hydrogen-bond acceptors (Lipinski definition) is 5. The van der Waals surface area contributed by atoms with E-state index in [0.717, 1.165) is 11.4 Å². The number of anilines is 1. The highest BCUT2D eigenvalue weighted by Gasteiger charge is 2.31. The maximum Gasteiger partial charge on any atom is 0.573 e. The number of benzene rings is 1. The lowest BCUT2D eigenvalue weighted by atomic mass is 10.2. The van der Waals surface area contributed by atoms with E-state index in [4.69, 9.17) is 0 Å². The maximum absolute atomic E-state index is 12.4. The summed E-state index contributed by atoms with van der Waals surface area (Å²) in [5.41, 5.74) is 2.49. The second-order valence-corrected chi connectivity index (χ2v) is 6.14. The third-order valence-electron chi connectivity index (χ3n) is 3.81. The van der Waals surface area contributed by atoms with Gasteiger partial charge in [0.15, 0.2) is 11.6 Å². The van der Waals surface area contributed by atoms with Crippen LogP contribution in [0.1, 0.15) is 17.0 Å². The van der Waals surface area contributed by atoms with Crippen LogP contribution in [0.25, 0.3) is 5.82 Å². The van der Waals surface area contributed by atoms with Crippen LogP contribution in [0.4, 0.5) is 19.0 Å². The molecule has 0 aliphatic rings. The quantitative estimate of drug-likeness (QED) is 0.677. The number of nitrogens with zero attached hydrogens (tertiary/aromatic N) is 5. The Morgan fingerprint density at radius 1 is 1.07 bits per heavy atom. The van der Waals surface area contributed by atoms with Crippen molar-refractivity contribution in [1.82, 2.24) is 20.0 Å². The Kier molecular flexibility index (Phi) is 5.02. The van der Waals surface area contributed by atoms with E-state index >= 15 is 0 Å². The number of aryl methyl sites for hydroxylation is 2. The largest absolute Gasteiger partial charge is 0.573 e. The molecule has 0 atom stereocenters. The predicted molar refractivity (Wildman–Crippen MR) is 93.9 cm³/mol. The molecule has 0 fully saturated rings. The molecule has 0 radical (unpaired) electrons. The number of alkyl halides is 3. The molecule has 0 amide bonds. The molecule has 142 valence electrons. The van der Waals surface area contributed by atoms with Crippen molar-refractivity contribution in [2.45, 2.75) is 26.8 Å². The van der Waals surface area contributed by atoms with E-state index in [9.17, 15) is 13.2 Å². The predicted octanol–water partition coefficient (Wildman–Crippen LogP) is 3.81. The molecule has 2 aromatic heterocycles. The summed E-state index contributed by atoms with van der Waals surface area (Å²) in [6, 6.07) is 11.4. The van der Waals surface area contributed by atoms with Gasteiger partial charge in [0.25, 0.3) is 0 Å². The molecule has 3 rings (SSSR count). The topological polar surface area (TPSA) is 56.1 Å². The fourth-order valence-electron chi connectivity index (χ4n) is 2.69. The van der Waals surface area contributed by atoms with E-state index in [1.54, 1.807) is 34.8 Å². The molecule has 0 aliphatic carbocycles. The summed E-state index contributed by atoms with van der Waals surface area (Å²) in [5.74, 6) is 0.931. The summed E-state index contributed by atoms with van der Waals surface area (Å²) in [6.07, 6.45) is -4.71. The highest BCUT2D eigenvalue weighted by Crippen LogP contribution is 2.24. The van der Waals surface area contributed by atoms with Gasteiger partial charge in [-0.05, 0) is 49.7 Å². The summed E-state index contributed by atoms with van der Waals surface area (Å²) < 4.78 is 42.7. The smallest absolute Gasteiger partial charge is 0.406 e. The van der Waals surface area contributed by atoms with Crippen molar-refractivity contribution in [2.75, 3.05) is 11.9 Å². The minimum absolute atomic E-state index is 0.251. The Hall–Kier alpha value is -3.10. The van der Waals surface area contributed by atoms with Gasteiger partial charge in [0, 0.05) is 19.3 Å². The molecule has 9 heteroatoms. The first-order valence-corrected chi connectivity index (χ1v) is 8.14. The molecule has 0 aliphatic heterocycles. The van der Waals surface area contributed by atoms with Crippen LogP contribution in [0, 0.1) is 13.8 Å². The molecular weight excluding hydrogens is 359 g/mol. The standard InChI is InChI=1S/C18H18F3N5O/c1-12-9-13(2)26(24-12)17-8-7-16(22-23-17)25(3)11-14-5-4-6-15(10-14)27-18(19,20)21/h4-10H,11H2,1-3H3. The normalized spacial score (nSPS) is 11.5. The van der Waals surface area contributed by atoms with Crippen LogP contribution in [0.5, 0.6) is 5.75 Å². The van der Waals surface area contributed by atoms with Crippen molar-refractivity contribution < 1.29 is 17.9 Å². The molecule has 27 heavy (non-hydrogen) atoms.